The standard InChI is InChI=1S/C15H23NO2/c1-11-6-7-13(14(9-11)17-3)15(16-2)12-5-4-8-18-10-12/h6-7,9,12,15-16H,4-5,8,10H2,1-3H3. The summed E-state index contributed by atoms with van der Waals surface area (Å²) in [4.78, 5) is 0. The molecule has 1 heterocycles. The van der Waals surface area contributed by atoms with Crippen LogP contribution in [-0.4, -0.2) is 27.4 Å². The van der Waals surface area contributed by atoms with Crippen LogP contribution in [0.4, 0.5) is 0 Å². The van der Waals surface area contributed by atoms with Gasteiger partial charge >= 0.3 is 0 Å². The second-order valence-corrected chi connectivity index (χ2v) is 4.99. The van der Waals surface area contributed by atoms with Crippen LogP contribution in [0.3, 0.4) is 0 Å². The van der Waals surface area contributed by atoms with Crippen molar-refractivity contribution in [2.75, 3.05) is 27.4 Å². The van der Waals surface area contributed by atoms with Gasteiger partial charge in [-0.05, 0) is 38.4 Å². The topological polar surface area (TPSA) is 30.5 Å². The molecule has 0 bridgehead atoms. The Kier molecular flexibility index (Phi) is 4.61. The van der Waals surface area contributed by atoms with Crippen molar-refractivity contribution in [1.29, 1.82) is 0 Å². The highest BCUT2D eigenvalue weighted by molar-refractivity contribution is 5.39. The lowest BCUT2D eigenvalue weighted by Crippen LogP contribution is -2.31. The maximum absolute atomic E-state index is 5.60. The number of nitrogens with one attached hydrogen (secondary N) is 1. The molecule has 1 fully saturated rings. The summed E-state index contributed by atoms with van der Waals surface area (Å²) in [7, 11) is 3.75. The van der Waals surface area contributed by atoms with Gasteiger partial charge in [-0.1, -0.05) is 12.1 Å². The van der Waals surface area contributed by atoms with Gasteiger partial charge in [0.25, 0.3) is 0 Å². The molecule has 3 heteroatoms. The van der Waals surface area contributed by atoms with Crippen molar-refractivity contribution in [2.24, 2.45) is 5.92 Å². The maximum Gasteiger partial charge on any atom is 0.123 e. The first-order valence-electron chi connectivity index (χ1n) is 6.65. The lowest BCUT2D eigenvalue weighted by Gasteiger charge is -2.31. The summed E-state index contributed by atoms with van der Waals surface area (Å²) >= 11 is 0. The SMILES string of the molecule is CNC(c1ccc(C)cc1OC)C1CCCOC1. The first-order chi connectivity index (χ1) is 8.76. The van der Waals surface area contributed by atoms with E-state index in [0.717, 1.165) is 25.4 Å². The van der Waals surface area contributed by atoms with Crippen LogP contribution in [0.25, 0.3) is 0 Å². The lowest BCUT2D eigenvalue weighted by atomic mass is 9.88. The molecule has 1 aromatic carbocycles. The van der Waals surface area contributed by atoms with Crippen molar-refractivity contribution in [3.8, 4) is 5.75 Å². The van der Waals surface area contributed by atoms with Crippen LogP contribution in [-0.2, 0) is 4.74 Å². The zero-order valence-electron chi connectivity index (χ0n) is 11.5. The van der Waals surface area contributed by atoms with E-state index in [0.29, 0.717) is 12.0 Å². The molecule has 0 aliphatic carbocycles. The van der Waals surface area contributed by atoms with Gasteiger partial charge in [-0.3, -0.25) is 0 Å². The number of hydrogen-bond donors (Lipinski definition) is 1. The van der Waals surface area contributed by atoms with E-state index < -0.39 is 0 Å². The van der Waals surface area contributed by atoms with Gasteiger partial charge in [-0.15, -0.1) is 0 Å². The summed E-state index contributed by atoms with van der Waals surface area (Å²) in [5.74, 6) is 1.50. The smallest absolute Gasteiger partial charge is 0.123 e. The molecule has 18 heavy (non-hydrogen) atoms. The lowest BCUT2D eigenvalue weighted by molar-refractivity contribution is 0.0398. The van der Waals surface area contributed by atoms with E-state index >= 15 is 0 Å². The second kappa shape index (κ2) is 6.21. The fourth-order valence-electron chi connectivity index (χ4n) is 2.75. The van der Waals surface area contributed by atoms with Gasteiger partial charge in [0.15, 0.2) is 0 Å². The van der Waals surface area contributed by atoms with Gasteiger partial charge in [-0.2, -0.15) is 0 Å². The number of benzene rings is 1. The zero-order valence-corrected chi connectivity index (χ0v) is 11.5. The Bertz CT molecular complexity index is 386. The Morgan fingerprint density at radius 2 is 2.28 bits per heavy atom. The Labute approximate surface area is 109 Å². The summed E-state index contributed by atoms with van der Waals surface area (Å²) in [6.07, 6.45) is 2.36. The molecule has 0 spiro atoms. The highest BCUT2D eigenvalue weighted by Gasteiger charge is 2.26. The van der Waals surface area contributed by atoms with Gasteiger partial charge in [0, 0.05) is 24.1 Å². The molecule has 2 rings (SSSR count). The quantitative estimate of drug-likeness (QED) is 0.890. The van der Waals surface area contributed by atoms with Gasteiger partial charge in [0.05, 0.1) is 13.7 Å². The molecule has 1 aliphatic rings. The van der Waals surface area contributed by atoms with Crippen molar-refractivity contribution in [1.82, 2.24) is 5.32 Å². The summed E-state index contributed by atoms with van der Waals surface area (Å²) in [6, 6.07) is 6.72. The highest BCUT2D eigenvalue weighted by Crippen LogP contribution is 2.34. The molecule has 1 saturated heterocycles. The van der Waals surface area contributed by atoms with Crippen LogP contribution < -0.4 is 10.1 Å². The Morgan fingerprint density at radius 1 is 1.44 bits per heavy atom. The molecule has 2 atom stereocenters. The molecule has 2 unspecified atom stereocenters. The van der Waals surface area contributed by atoms with Crippen molar-refractivity contribution in [3.05, 3.63) is 29.3 Å². The zero-order chi connectivity index (χ0) is 13.0. The van der Waals surface area contributed by atoms with Crippen molar-refractivity contribution < 1.29 is 9.47 Å². The minimum atomic E-state index is 0.306. The van der Waals surface area contributed by atoms with E-state index in [1.54, 1.807) is 7.11 Å². The fraction of sp³-hybridized carbons (Fsp3) is 0.600. The van der Waals surface area contributed by atoms with Crippen LogP contribution in [0.2, 0.25) is 0 Å². The molecule has 1 aliphatic heterocycles. The Balaban J connectivity index is 2.25. The van der Waals surface area contributed by atoms with E-state index in [1.165, 1.54) is 17.5 Å². The normalized spacial score (nSPS) is 21.6. The molecule has 0 amide bonds. The monoisotopic (exact) mass is 249 g/mol. The largest absolute Gasteiger partial charge is 0.496 e. The molecular formula is C15H23NO2. The van der Waals surface area contributed by atoms with Crippen LogP contribution in [0.1, 0.15) is 30.0 Å². The molecule has 0 radical (unpaired) electrons. The average molecular weight is 249 g/mol. The van der Waals surface area contributed by atoms with E-state index in [1.807, 2.05) is 7.05 Å². The molecule has 0 saturated carbocycles. The number of rotatable bonds is 4. The predicted octanol–water partition coefficient (Wildman–Crippen LogP) is 2.69. The third-order valence-electron chi connectivity index (χ3n) is 3.70. The van der Waals surface area contributed by atoms with Crippen LogP contribution >= 0.6 is 0 Å². The number of methoxy groups -OCH3 is 1. The van der Waals surface area contributed by atoms with E-state index in [-0.39, 0.29) is 0 Å². The number of hydrogen-bond acceptors (Lipinski definition) is 3. The number of aryl methyl sites for hydroxylation is 1. The first-order valence-corrected chi connectivity index (χ1v) is 6.65. The fourth-order valence-corrected chi connectivity index (χ4v) is 2.75. The van der Waals surface area contributed by atoms with Crippen molar-refractivity contribution >= 4 is 0 Å². The van der Waals surface area contributed by atoms with Crippen LogP contribution in [0.15, 0.2) is 18.2 Å². The maximum atomic E-state index is 5.60. The van der Waals surface area contributed by atoms with Crippen molar-refractivity contribution in [3.63, 3.8) is 0 Å². The van der Waals surface area contributed by atoms with Gasteiger partial charge in [0.1, 0.15) is 5.75 Å². The van der Waals surface area contributed by atoms with Gasteiger partial charge < -0.3 is 14.8 Å². The van der Waals surface area contributed by atoms with Crippen LogP contribution in [0, 0.1) is 12.8 Å². The highest BCUT2D eigenvalue weighted by atomic mass is 16.5. The Hall–Kier alpha value is -1.06. The molecule has 100 valence electrons. The van der Waals surface area contributed by atoms with Gasteiger partial charge in [0.2, 0.25) is 0 Å². The summed E-state index contributed by atoms with van der Waals surface area (Å²) in [5.41, 5.74) is 2.46. The van der Waals surface area contributed by atoms with E-state index in [9.17, 15) is 0 Å². The summed E-state index contributed by atoms with van der Waals surface area (Å²) in [6.45, 7) is 3.82. The molecular weight excluding hydrogens is 226 g/mol. The van der Waals surface area contributed by atoms with Gasteiger partial charge in [-0.25, -0.2) is 0 Å². The molecule has 1 aromatic rings. The minimum absolute atomic E-state index is 0.306. The predicted molar refractivity (Wildman–Crippen MR) is 73.1 cm³/mol. The van der Waals surface area contributed by atoms with E-state index in [2.05, 4.69) is 30.4 Å². The Morgan fingerprint density at radius 3 is 2.89 bits per heavy atom. The van der Waals surface area contributed by atoms with Crippen LogP contribution in [0.5, 0.6) is 5.75 Å². The third-order valence-corrected chi connectivity index (χ3v) is 3.70. The summed E-state index contributed by atoms with van der Waals surface area (Å²) < 4.78 is 11.1. The minimum Gasteiger partial charge on any atom is -0.496 e. The molecule has 0 aromatic heterocycles. The molecule has 1 N–H and O–H groups in total. The third kappa shape index (κ3) is 2.85. The second-order valence-electron chi connectivity index (χ2n) is 4.99. The average Bonchev–Trinajstić information content (AvgIpc) is 2.42. The van der Waals surface area contributed by atoms with E-state index in [4.69, 9.17) is 9.47 Å². The first kappa shape index (κ1) is 13.4. The molecule has 3 nitrogen and oxygen atoms in total. The summed E-state index contributed by atoms with van der Waals surface area (Å²) in [5, 5.41) is 3.42. The van der Waals surface area contributed by atoms with Crippen molar-refractivity contribution in [2.45, 2.75) is 25.8 Å². The number of ether oxygens (including phenoxy) is 2.